The Labute approximate surface area is 417 Å². The minimum Gasteiger partial charge on any atom is -0.508 e. The summed E-state index contributed by atoms with van der Waals surface area (Å²) in [6, 6.07) is 54.9. The summed E-state index contributed by atoms with van der Waals surface area (Å²) in [4.78, 5) is 0. The van der Waals surface area contributed by atoms with Gasteiger partial charge in [0.2, 0.25) is 0 Å². The summed E-state index contributed by atoms with van der Waals surface area (Å²) < 4.78 is 0. The highest BCUT2D eigenvalue weighted by Crippen LogP contribution is 2.38. The van der Waals surface area contributed by atoms with Gasteiger partial charge < -0.3 is 10.2 Å². The molecule has 0 amide bonds. The number of hydrogen-bond acceptors (Lipinski definition) is 2. The van der Waals surface area contributed by atoms with Crippen LogP contribution in [0, 0.1) is 0 Å². The highest BCUT2D eigenvalue weighted by atomic mass is 16.3. The lowest BCUT2D eigenvalue weighted by Crippen LogP contribution is -1.94. The fourth-order valence-corrected chi connectivity index (χ4v) is 8.20. The van der Waals surface area contributed by atoms with Crippen molar-refractivity contribution < 1.29 is 10.2 Å². The Bertz CT molecular complexity index is 2660. The summed E-state index contributed by atoms with van der Waals surface area (Å²) >= 11 is 0. The molecule has 0 bridgehead atoms. The van der Waals surface area contributed by atoms with Crippen LogP contribution < -0.4 is 0 Å². The summed E-state index contributed by atoms with van der Waals surface area (Å²) in [6.45, 7) is 17.9. The van der Waals surface area contributed by atoms with Crippen molar-refractivity contribution >= 4 is 53.9 Å². The van der Waals surface area contributed by atoms with Crippen LogP contribution in [0.5, 0.6) is 11.5 Å². The topological polar surface area (TPSA) is 40.5 Å². The van der Waals surface area contributed by atoms with E-state index in [-0.39, 0.29) is 59.4 Å². The summed E-state index contributed by atoms with van der Waals surface area (Å²) in [5.41, 5.74) is 5.56. The molecule has 372 valence electrons. The van der Waals surface area contributed by atoms with E-state index in [4.69, 9.17) is 10.2 Å². The molecule has 4 atom stereocenters. The van der Waals surface area contributed by atoms with Gasteiger partial charge in [0.15, 0.2) is 0 Å². The van der Waals surface area contributed by atoms with E-state index in [1.807, 2.05) is 24.3 Å². The number of aromatic hydroxyl groups is 2. The molecule has 9 rings (SSSR count). The van der Waals surface area contributed by atoms with Gasteiger partial charge in [-0.25, -0.2) is 0 Å². The standard InChI is InChI=1S/C20H18.C18H18.2C10H14O.8CH4/c1-3-13(2)17-11-9-16-8-7-14-5-4-6-15-10-12-18(17)20(16)19(14)15;1-3-13(2)18-12-14-8-4-5-9-15(14)16-10-6-7-11-17(16)18;2*1-3-8(2)9-4-6-10(11)7-5-9;;;;;;;;/h4-13H,3H2,1-2H3;4-13H,3H2,1-2H3;2*4-8,11H,3H2,1-2H3;8*1H4. The van der Waals surface area contributed by atoms with Gasteiger partial charge in [0.1, 0.15) is 11.5 Å². The zero-order chi connectivity index (χ0) is 42.8. The predicted octanol–water partition coefficient (Wildman–Crippen LogP) is 22.5. The molecule has 0 saturated heterocycles. The second kappa shape index (κ2) is 31.2. The van der Waals surface area contributed by atoms with Crippen LogP contribution in [0.1, 0.15) is 186 Å². The normalized spacial score (nSPS) is 11.6. The molecular formula is C66H96O2. The van der Waals surface area contributed by atoms with Crippen LogP contribution in [0.3, 0.4) is 0 Å². The maximum Gasteiger partial charge on any atom is 0.115 e. The van der Waals surface area contributed by atoms with E-state index in [0.29, 0.717) is 35.2 Å². The van der Waals surface area contributed by atoms with Gasteiger partial charge in [-0.3, -0.25) is 0 Å². The molecule has 68 heavy (non-hydrogen) atoms. The van der Waals surface area contributed by atoms with Gasteiger partial charge in [-0.05, 0) is 150 Å². The van der Waals surface area contributed by atoms with Crippen molar-refractivity contribution in [1.82, 2.24) is 0 Å². The van der Waals surface area contributed by atoms with Gasteiger partial charge >= 0.3 is 0 Å². The molecule has 0 aromatic heterocycles. The molecule has 2 heteroatoms. The SMILES string of the molecule is C.C.C.C.C.C.C.C.CCC(C)c1cc2ccccc2c2ccccc12.CCC(C)c1ccc(O)cc1.CCC(C)c1ccc(O)cc1.CCC(C)c1ccc2ccc3cccc4ccc1c2c34. The molecule has 2 N–H and O–H groups in total. The van der Waals surface area contributed by atoms with Crippen molar-refractivity contribution in [1.29, 1.82) is 0 Å². The fourth-order valence-electron chi connectivity index (χ4n) is 8.20. The molecule has 0 saturated carbocycles. The summed E-state index contributed by atoms with van der Waals surface area (Å²) in [6.07, 6.45) is 4.65. The number of hydrogen-bond donors (Lipinski definition) is 2. The lowest BCUT2D eigenvalue weighted by molar-refractivity contribution is 0.474. The maximum absolute atomic E-state index is 9.01. The van der Waals surface area contributed by atoms with Crippen LogP contribution in [0.15, 0.2) is 158 Å². The second-order valence-corrected chi connectivity index (χ2v) is 16.7. The van der Waals surface area contributed by atoms with Gasteiger partial charge in [-0.2, -0.15) is 0 Å². The number of fused-ring (bicyclic) bond motifs is 3. The third-order valence-electron chi connectivity index (χ3n) is 12.8. The van der Waals surface area contributed by atoms with Crippen molar-refractivity contribution in [3.8, 4) is 11.5 Å². The van der Waals surface area contributed by atoms with E-state index in [1.54, 1.807) is 24.3 Å². The average Bonchev–Trinajstić information content (AvgIpc) is 3.30. The van der Waals surface area contributed by atoms with E-state index >= 15 is 0 Å². The van der Waals surface area contributed by atoms with E-state index in [1.165, 1.54) is 89.0 Å². The third-order valence-corrected chi connectivity index (χ3v) is 12.8. The quantitative estimate of drug-likeness (QED) is 0.149. The molecule has 9 aromatic carbocycles. The average molecular weight is 921 g/mol. The van der Waals surface area contributed by atoms with Crippen molar-refractivity contribution in [2.75, 3.05) is 0 Å². The summed E-state index contributed by atoms with van der Waals surface area (Å²) in [5.74, 6) is 3.10. The van der Waals surface area contributed by atoms with E-state index < -0.39 is 0 Å². The molecule has 0 radical (unpaired) electrons. The number of phenolic OH excluding ortho intramolecular Hbond substituents is 2. The van der Waals surface area contributed by atoms with Crippen LogP contribution in [0.2, 0.25) is 0 Å². The number of rotatable bonds is 8. The first-order chi connectivity index (χ1) is 29.1. The Hall–Kier alpha value is -5.86. The molecule has 4 unspecified atom stereocenters. The minimum atomic E-state index is 0. The molecule has 9 aromatic rings. The largest absolute Gasteiger partial charge is 0.508 e. The van der Waals surface area contributed by atoms with Crippen LogP contribution in [0.4, 0.5) is 0 Å². The zero-order valence-corrected chi connectivity index (χ0v) is 37.0. The summed E-state index contributed by atoms with van der Waals surface area (Å²) in [7, 11) is 0. The number of benzene rings is 9. The van der Waals surface area contributed by atoms with Gasteiger partial charge in [0.25, 0.3) is 0 Å². The minimum absolute atomic E-state index is 0. The van der Waals surface area contributed by atoms with E-state index in [2.05, 4.69) is 165 Å². The molecule has 0 aliphatic carbocycles. The Morgan fingerprint density at radius 3 is 1.15 bits per heavy atom. The van der Waals surface area contributed by atoms with Crippen molar-refractivity contribution in [3.63, 3.8) is 0 Å². The van der Waals surface area contributed by atoms with Gasteiger partial charge in [0.05, 0.1) is 0 Å². The van der Waals surface area contributed by atoms with Crippen LogP contribution in [-0.2, 0) is 0 Å². The van der Waals surface area contributed by atoms with Gasteiger partial charge in [0, 0.05) is 0 Å². The first-order valence-corrected chi connectivity index (χ1v) is 22.2. The van der Waals surface area contributed by atoms with Gasteiger partial charge in [-0.15, -0.1) is 0 Å². The Morgan fingerprint density at radius 2 is 0.676 bits per heavy atom. The first-order valence-electron chi connectivity index (χ1n) is 22.2. The summed E-state index contributed by atoms with van der Waals surface area (Å²) in [5, 5.41) is 31.9. The Kier molecular flexibility index (Phi) is 30.5. The van der Waals surface area contributed by atoms with E-state index in [9.17, 15) is 0 Å². The zero-order valence-electron chi connectivity index (χ0n) is 37.0. The highest BCUT2D eigenvalue weighted by Gasteiger charge is 2.14. The molecule has 0 aliphatic heterocycles. The molecule has 0 heterocycles. The lowest BCUT2D eigenvalue weighted by Gasteiger charge is -2.17. The van der Waals surface area contributed by atoms with E-state index in [0.717, 1.165) is 12.8 Å². The smallest absolute Gasteiger partial charge is 0.115 e. The molecule has 0 fully saturated rings. The lowest BCUT2D eigenvalue weighted by atomic mass is 9.87. The molecule has 2 nitrogen and oxygen atoms in total. The fraction of sp³-hybridized carbons (Fsp3) is 0.364. The monoisotopic (exact) mass is 921 g/mol. The predicted molar refractivity (Wildman–Crippen MR) is 316 cm³/mol. The Morgan fingerprint density at radius 1 is 0.309 bits per heavy atom. The van der Waals surface area contributed by atoms with Gasteiger partial charge in [-0.1, -0.05) is 248 Å². The van der Waals surface area contributed by atoms with Crippen molar-refractivity contribution in [2.24, 2.45) is 0 Å². The molecule has 0 spiro atoms. The van der Waals surface area contributed by atoms with Crippen LogP contribution in [-0.4, -0.2) is 10.2 Å². The third kappa shape index (κ3) is 15.3. The molecular weight excluding hydrogens is 825 g/mol. The maximum atomic E-state index is 9.01. The van der Waals surface area contributed by atoms with Crippen molar-refractivity contribution in [3.05, 3.63) is 180 Å². The Balaban J connectivity index is -0.000000822. The van der Waals surface area contributed by atoms with Crippen LogP contribution in [0.25, 0.3) is 53.9 Å². The first kappa shape index (κ1) is 66.4. The second-order valence-electron chi connectivity index (χ2n) is 16.7. The highest BCUT2D eigenvalue weighted by molar-refractivity contribution is 6.23. The van der Waals surface area contributed by atoms with Crippen LogP contribution >= 0.6 is 0 Å². The molecule has 0 aliphatic rings. The van der Waals surface area contributed by atoms with Crippen molar-refractivity contribution in [2.45, 2.75) is 164 Å². The number of phenols is 2.